The van der Waals surface area contributed by atoms with Gasteiger partial charge in [0.2, 0.25) is 0 Å². The predicted octanol–water partition coefficient (Wildman–Crippen LogP) is 3.07. The van der Waals surface area contributed by atoms with Crippen molar-refractivity contribution in [3.63, 3.8) is 0 Å². The molecule has 1 aliphatic rings. The molecular weight excluding hydrogens is 296 g/mol. The number of fused-ring (bicyclic) bond motifs is 3. The van der Waals surface area contributed by atoms with Crippen LogP contribution in [0.15, 0.2) is 45.6 Å². The first-order valence-electron chi connectivity index (χ1n) is 7.61. The summed E-state index contributed by atoms with van der Waals surface area (Å²) in [7, 11) is 0. The molecule has 0 amide bonds. The minimum absolute atomic E-state index is 0.0443. The van der Waals surface area contributed by atoms with Gasteiger partial charge in [0.05, 0.1) is 18.6 Å². The largest absolute Gasteiger partial charge is 0.508 e. The van der Waals surface area contributed by atoms with Crippen LogP contribution in [0.25, 0.3) is 21.7 Å². The van der Waals surface area contributed by atoms with Crippen LogP contribution >= 0.6 is 0 Å². The molecule has 5 heteroatoms. The molecule has 5 nitrogen and oxygen atoms in total. The van der Waals surface area contributed by atoms with Gasteiger partial charge in [-0.05, 0) is 36.8 Å². The Morgan fingerprint density at radius 1 is 1.13 bits per heavy atom. The quantitative estimate of drug-likeness (QED) is 0.594. The van der Waals surface area contributed by atoms with Crippen LogP contribution < -0.4 is 10.4 Å². The minimum atomic E-state index is -0.468. The normalized spacial score (nSPS) is 17.8. The summed E-state index contributed by atoms with van der Waals surface area (Å²) in [4.78, 5) is 12.1. The lowest BCUT2D eigenvalue weighted by Gasteiger charge is -2.11. The van der Waals surface area contributed by atoms with E-state index in [0.717, 1.165) is 30.4 Å². The van der Waals surface area contributed by atoms with Crippen LogP contribution in [0.4, 0.5) is 0 Å². The topological polar surface area (TPSA) is 68.9 Å². The van der Waals surface area contributed by atoms with E-state index in [2.05, 4.69) is 0 Å². The molecule has 1 fully saturated rings. The second-order valence-electron chi connectivity index (χ2n) is 5.82. The second kappa shape index (κ2) is 5.59. The van der Waals surface area contributed by atoms with Crippen LogP contribution in [0, 0.1) is 5.92 Å². The highest BCUT2D eigenvalue weighted by Gasteiger charge is 2.16. The zero-order valence-corrected chi connectivity index (χ0v) is 12.5. The fourth-order valence-corrected chi connectivity index (χ4v) is 2.92. The number of rotatable bonds is 3. The van der Waals surface area contributed by atoms with Gasteiger partial charge in [-0.2, -0.15) is 0 Å². The van der Waals surface area contributed by atoms with E-state index in [4.69, 9.17) is 13.9 Å². The average molecular weight is 312 g/mol. The molecule has 1 aromatic heterocycles. The molecule has 118 valence electrons. The van der Waals surface area contributed by atoms with Crippen molar-refractivity contribution in [3.05, 3.63) is 46.8 Å². The summed E-state index contributed by atoms with van der Waals surface area (Å²) in [5.74, 6) is 1.13. The second-order valence-corrected chi connectivity index (χ2v) is 5.82. The van der Waals surface area contributed by atoms with Crippen molar-refractivity contribution in [3.8, 4) is 11.5 Å². The highest BCUT2D eigenvalue weighted by Crippen LogP contribution is 2.28. The summed E-state index contributed by atoms with van der Waals surface area (Å²) in [6.45, 7) is 2.12. The third-order valence-electron chi connectivity index (χ3n) is 4.18. The maximum atomic E-state index is 12.1. The van der Waals surface area contributed by atoms with Crippen molar-refractivity contribution in [2.24, 2.45) is 5.92 Å². The van der Waals surface area contributed by atoms with E-state index in [-0.39, 0.29) is 5.75 Å². The molecule has 1 atom stereocenters. The molecule has 1 unspecified atom stereocenters. The molecule has 0 radical (unpaired) electrons. The van der Waals surface area contributed by atoms with Crippen LogP contribution in [0.5, 0.6) is 11.5 Å². The van der Waals surface area contributed by atoms with Gasteiger partial charge in [-0.1, -0.05) is 0 Å². The maximum absolute atomic E-state index is 12.1. The first kappa shape index (κ1) is 14.1. The van der Waals surface area contributed by atoms with E-state index in [9.17, 15) is 9.90 Å². The molecule has 2 aromatic carbocycles. The van der Waals surface area contributed by atoms with E-state index in [1.807, 2.05) is 12.1 Å². The zero-order valence-electron chi connectivity index (χ0n) is 12.5. The summed E-state index contributed by atoms with van der Waals surface area (Å²) in [5.41, 5.74) is 0.0121. The van der Waals surface area contributed by atoms with Crippen LogP contribution in [0.1, 0.15) is 6.42 Å². The van der Waals surface area contributed by atoms with Gasteiger partial charge >= 0.3 is 5.63 Å². The van der Waals surface area contributed by atoms with E-state index >= 15 is 0 Å². The standard InChI is InChI=1S/C18H16O5/c19-12-1-3-14-15-4-2-13(22-10-11-5-6-21-9-11)8-17(15)23-18(20)16(14)7-12/h1-4,7-8,11,19H,5-6,9-10H2. The van der Waals surface area contributed by atoms with Crippen molar-refractivity contribution >= 4 is 21.7 Å². The Balaban J connectivity index is 1.72. The number of ether oxygens (including phenoxy) is 2. The monoisotopic (exact) mass is 312 g/mol. The molecule has 1 saturated heterocycles. The predicted molar refractivity (Wildman–Crippen MR) is 86.1 cm³/mol. The summed E-state index contributed by atoms with van der Waals surface area (Å²) in [5, 5.41) is 11.5. The van der Waals surface area contributed by atoms with Gasteiger partial charge in [0, 0.05) is 29.4 Å². The Labute approximate surface area is 132 Å². The highest BCUT2D eigenvalue weighted by molar-refractivity contribution is 6.04. The number of aromatic hydroxyl groups is 1. The third kappa shape index (κ3) is 2.64. The molecule has 4 rings (SSSR count). The molecule has 0 saturated carbocycles. The Morgan fingerprint density at radius 2 is 2.00 bits per heavy atom. The minimum Gasteiger partial charge on any atom is -0.508 e. The van der Waals surface area contributed by atoms with E-state index in [0.29, 0.717) is 29.2 Å². The average Bonchev–Trinajstić information content (AvgIpc) is 3.06. The maximum Gasteiger partial charge on any atom is 0.344 e. The zero-order chi connectivity index (χ0) is 15.8. The number of phenolic OH excluding ortho intramolecular Hbond substituents is 1. The molecule has 0 spiro atoms. The van der Waals surface area contributed by atoms with Gasteiger partial charge in [0.1, 0.15) is 17.1 Å². The molecule has 2 heterocycles. The third-order valence-corrected chi connectivity index (χ3v) is 4.18. The molecular formula is C18H16O5. The fourth-order valence-electron chi connectivity index (χ4n) is 2.92. The van der Waals surface area contributed by atoms with E-state index in [1.165, 1.54) is 6.07 Å². The van der Waals surface area contributed by atoms with E-state index in [1.54, 1.807) is 18.2 Å². The number of benzene rings is 2. The Hall–Kier alpha value is -2.53. The first-order valence-corrected chi connectivity index (χ1v) is 7.61. The summed E-state index contributed by atoms with van der Waals surface area (Å²) < 4.78 is 16.5. The fraction of sp³-hybridized carbons (Fsp3) is 0.278. The molecule has 3 aromatic rings. The summed E-state index contributed by atoms with van der Waals surface area (Å²) in [6, 6.07) is 10.2. The lowest BCUT2D eigenvalue weighted by molar-refractivity contribution is 0.167. The van der Waals surface area contributed by atoms with Crippen molar-refractivity contribution in [1.29, 1.82) is 0 Å². The Bertz CT molecular complexity index is 922. The summed E-state index contributed by atoms with van der Waals surface area (Å²) in [6.07, 6.45) is 1.01. The number of phenols is 1. The van der Waals surface area contributed by atoms with Gasteiger partial charge in [-0.3, -0.25) is 0 Å². The van der Waals surface area contributed by atoms with Crippen LogP contribution in [-0.4, -0.2) is 24.9 Å². The van der Waals surface area contributed by atoms with Crippen molar-refractivity contribution in [2.75, 3.05) is 19.8 Å². The van der Waals surface area contributed by atoms with Crippen molar-refractivity contribution in [1.82, 2.24) is 0 Å². The Kier molecular flexibility index (Phi) is 3.42. The van der Waals surface area contributed by atoms with Gasteiger partial charge in [0.15, 0.2) is 0 Å². The van der Waals surface area contributed by atoms with Crippen LogP contribution in [0.2, 0.25) is 0 Å². The van der Waals surface area contributed by atoms with Gasteiger partial charge in [-0.15, -0.1) is 0 Å². The highest BCUT2D eigenvalue weighted by atomic mass is 16.5. The van der Waals surface area contributed by atoms with Gasteiger partial charge in [-0.25, -0.2) is 4.79 Å². The SMILES string of the molecule is O=c1oc2cc(OCC3CCOC3)ccc2c2ccc(O)cc12. The number of hydrogen-bond donors (Lipinski definition) is 1. The first-order chi connectivity index (χ1) is 11.2. The lowest BCUT2D eigenvalue weighted by atomic mass is 10.1. The summed E-state index contributed by atoms with van der Waals surface area (Å²) >= 11 is 0. The molecule has 0 bridgehead atoms. The molecule has 1 N–H and O–H groups in total. The number of hydrogen-bond acceptors (Lipinski definition) is 5. The lowest BCUT2D eigenvalue weighted by Crippen LogP contribution is -2.11. The molecule has 23 heavy (non-hydrogen) atoms. The van der Waals surface area contributed by atoms with Gasteiger partial charge < -0.3 is 19.0 Å². The van der Waals surface area contributed by atoms with Crippen molar-refractivity contribution in [2.45, 2.75) is 6.42 Å². The van der Waals surface area contributed by atoms with Gasteiger partial charge in [0.25, 0.3) is 0 Å². The Morgan fingerprint density at radius 3 is 2.83 bits per heavy atom. The van der Waals surface area contributed by atoms with E-state index < -0.39 is 5.63 Å². The molecule has 0 aliphatic carbocycles. The molecule has 1 aliphatic heterocycles. The smallest absolute Gasteiger partial charge is 0.344 e. The van der Waals surface area contributed by atoms with Crippen molar-refractivity contribution < 1.29 is 19.0 Å². The van der Waals surface area contributed by atoms with Crippen LogP contribution in [-0.2, 0) is 4.74 Å². The van der Waals surface area contributed by atoms with Crippen LogP contribution in [0.3, 0.4) is 0 Å².